The number of hydrogen-bond donors (Lipinski definition) is 2. The van der Waals surface area contributed by atoms with Crippen molar-refractivity contribution >= 4 is 52.2 Å². The summed E-state index contributed by atoms with van der Waals surface area (Å²) in [6.07, 6.45) is 0. The highest BCUT2D eigenvalue weighted by atomic mass is 35.5. The molecule has 2 amide bonds. The molecule has 0 aliphatic heterocycles. The van der Waals surface area contributed by atoms with Crippen LogP contribution in [-0.2, 0) is 4.79 Å². The molecular formula is C21H16ClN3O4S. The van der Waals surface area contributed by atoms with Gasteiger partial charge >= 0.3 is 0 Å². The molecule has 0 atom stereocenters. The molecule has 0 aromatic heterocycles. The number of carbonyl (C=O) groups excluding carboxylic acids is 2. The van der Waals surface area contributed by atoms with Gasteiger partial charge in [0.15, 0.2) is 0 Å². The number of hydrogen-bond acceptors (Lipinski definition) is 5. The van der Waals surface area contributed by atoms with E-state index in [1.165, 1.54) is 36.0 Å². The third-order valence-corrected chi connectivity index (χ3v) is 5.29. The fraction of sp³-hybridized carbons (Fsp3) is 0.0476. The topological polar surface area (TPSA) is 101 Å². The van der Waals surface area contributed by atoms with Crippen LogP contribution in [0.4, 0.5) is 17.1 Å². The Morgan fingerprint density at radius 1 is 0.967 bits per heavy atom. The van der Waals surface area contributed by atoms with E-state index < -0.39 is 10.8 Å². The van der Waals surface area contributed by atoms with E-state index in [1.807, 2.05) is 0 Å². The molecule has 3 aromatic rings. The fourth-order valence-electron chi connectivity index (χ4n) is 2.50. The zero-order valence-electron chi connectivity index (χ0n) is 15.5. The Morgan fingerprint density at radius 2 is 1.70 bits per heavy atom. The summed E-state index contributed by atoms with van der Waals surface area (Å²) in [5.74, 6) is -0.431. The van der Waals surface area contributed by atoms with Crippen molar-refractivity contribution in [2.24, 2.45) is 0 Å². The maximum atomic E-state index is 12.3. The first-order valence-corrected chi connectivity index (χ1v) is 10.1. The molecule has 30 heavy (non-hydrogen) atoms. The molecule has 3 aromatic carbocycles. The first-order valence-electron chi connectivity index (χ1n) is 8.75. The van der Waals surface area contributed by atoms with Crippen LogP contribution in [-0.4, -0.2) is 22.5 Å². The van der Waals surface area contributed by atoms with Crippen LogP contribution in [0.25, 0.3) is 0 Å². The summed E-state index contributed by atoms with van der Waals surface area (Å²) in [6, 6.07) is 19.4. The van der Waals surface area contributed by atoms with E-state index >= 15 is 0 Å². The summed E-state index contributed by atoms with van der Waals surface area (Å²) in [6.45, 7) is 0. The van der Waals surface area contributed by atoms with Gasteiger partial charge in [0, 0.05) is 28.3 Å². The van der Waals surface area contributed by atoms with E-state index in [0.717, 1.165) is 4.90 Å². The number of amides is 2. The van der Waals surface area contributed by atoms with Gasteiger partial charge in [-0.3, -0.25) is 19.7 Å². The maximum Gasteiger partial charge on any atom is 0.270 e. The number of halogens is 1. The number of rotatable bonds is 7. The molecule has 0 radical (unpaired) electrons. The number of benzene rings is 3. The van der Waals surface area contributed by atoms with E-state index in [-0.39, 0.29) is 22.9 Å². The van der Waals surface area contributed by atoms with Gasteiger partial charge in [-0.2, -0.15) is 0 Å². The normalized spacial score (nSPS) is 10.3. The van der Waals surface area contributed by atoms with Crippen LogP contribution in [0.5, 0.6) is 0 Å². The zero-order chi connectivity index (χ0) is 21.5. The average molecular weight is 442 g/mol. The molecule has 0 fully saturated rings. The van der Waals surface area contributed by atoms with Gasteiger partial charge in [-0.25, -0.2) is 0 Å². The lowest BCUT2D eigenvalue weighted by molar-refractivity contribution is -0.384. The van der Waals surface area contributed by atoms with Crippen molar-refractivity contribution in [3.63, 3.8) is 0 Å². The standard InChI is InChI=1S/C21H16ClN3O4S/c22-18-6-1-2-7-19(18)24-20(26)13-30-17-10-8-15(9-11-17)23-21(27)14-4-3-5-16(12-14)25(28)29/h1-12H,13H2,(H,23,27)(H,24,26). The summed E-state index contributed by atoms with van der Waals surface area (Å²) >= 11 is 7.36. The smallest absolute Gasteiger partial charge is 0.270 e. The van der Waals surface area contributed by atoms with Gasteiger partial charge in [0.2, 0.25) is 5.91 Å². The fourth-order valence-corrected chi connectivity index (χ4v) is 3.38. The minimum absolute atomic E-state index is 0.149. The van der Waals surface area contributed by atoms with Crippen LogP contribution in [0.2, 0.25) is 5.02 Å². The average Bonchev–Trinajstić information content (AvgIpc) is 2.75. The Hall–Kier alpha value is -3.36. The second-order valence-electron chi connectivity index (χ2n) is 6.10. The molecule has 2 N–H and O–H groups in total. The number of nitrogens with one attached hydrogen (secondary N) is 2. The van der Waals surface area contributed by atoms with E-state index in [2.05, 4.69) is 10.6 Å². The van der Waals surface area contributed by atoms with Gasteiger partial charge in [-0.05, 0) is 42.5 Å². The summed E-state index contributed by atoms with van der Waals surface area (Å²) < 4.78 is 0. The second-order valence-corrected chi connectivity index (χ2v) is 7.56. The van der Waals surface area contributed by atoms with Gasteiger partial charge in [-0.1, -0.05) is 29.8 Å². The van der Waals surface area contributed by atoms with Gasteiger partial charge < -0.3 is 10.6 Å². The van der Waals surface area contributed by atoms with Gasteiger partial charge in [0.1, 0.15) is 0 Å². The van der Waals surface area contributed by atoms with E-state index in [0.29, 0.717) is 16.4 Å². The van der Waals surface area contributed by atoms with Crippen molar-refractivity contribution in [2.45, 2.75) is 4.90 Å². The number of nitro benzene ring substituents is 1. The molecule has 7 nitrogen and oxygen atoms in total. The number of nitro groups is 1. The van der Waals surface area contributed by atoms with Crippen LogP contribution in [0.3, 0.4) is 0 Å². The number of anilines is 2. The molecule has 3 rings (SSSR count). The molecule has 0 bridgehead atoms. The monoisotopic (exact) mass is 441 g/mol. The highest BCUT2D eigenvalue weighted by Gasteiger charge is 2.12. The summed E-state index contributed by atoms with van der Waals surface area (Å²) in [5.41, 5.74) is 1.14. The van der Waals surface area contributed by atoms with Crippen molar-refractivity contribution in [1.82, 2.24) is 0 Å². The largest absolute Gasteiger partial charge is 0.324 e. The van der Waals surface area contributed by atoms with Crippen LogP contribution in [0.15, 0.2) is 77.7 Å². The third-order valence-electron chi connectivity index (χ3n) is 3.95. The van der Waals surface area contributed by atoms with Crippen LogP contribution in [0, 0.1) is 10.1 Å². The van der Waals surface area contributed by atoms with Crippen molar-refractivity contribution in [3.05, 3.63) is 93.5 Å². The van der Waals surface area contributed by atoms with Crippen molar-refractivity contribution < 1.29 is 14.5 Å². The Kier molecular flexibility index (Phi) is 7.05. The SMILES string of the molecule is O=C(CSc1ccc(NC(=O)c2cccc([N+](=O)[O-])c2)cc1)Nc1ccccc1Cl. The number of thioether (sulfide) groups is 1. The van der Waals surface area contributed by atoms with Crippen LogP contribution in [0.1, 0.15) is 10.4 Å². The highest BCUT2D eigenvalue weighted by Crippen LogP contribution is 2.23. The minimum Gasteiger partial charge on any atom is -0.324 e. The molecule has 0 saturated carbocycles. The first kappa shape index (κ1) is 21.4. The van der Waals surface area contributed by atoms with Crippen LogP contribution >= 0.6 is 23.4 Å². The Balaban J connectivity index is 1.54. The second kappa shape index (κ2) is 9.91. The molecule has 0 aliphatic carbocycles. The number of non-ortho nitro benzene ring substituents is 1. The molecule has 0 saturated heterocycles. The summed E-state index contributed by atoms with van der Waals surface area (Å²) in [7, 11) is 0. The van der Waals surface area contributed by atoms with Crippen molar-refractivity contribution in [2.75, 3.05) is 16.4 Å². The number of nitrogens with zero attached hydrogens (tertiary/aromatic N) is 1. The molecule has 9 heteroatoms. The molecule has 0 unspecified atom stereocenters. The van der Waals surface area contributed by atoms with E-state index in [1.54, 1.807) is 48.5 Å². The predicted octanol–water partition coefficient (Wildman–Crippen LogP) is 5.23. The lowest BCUT2D eigenvalue weighted by Gasteiger charge is -2.08. The Bertz CT molecular complexity index is 1090. The molecule has 0 spiro atoms. The van der Waals surface area contributed by atoms with Crippen LogP contribution < -0.4 is 10.6 Å². The first-order chi connectivity index (χ1) is 14.4. The molecule has 0 aliphatic rings. The maximum absolute atomic E-state index is 12.3. The van der Waals surface area contributed by atoms with Crippen molar-refractivity contribution in [1.29, 1.82) is 0 Å². The lowest BCUT2D eigenvalue weighted by Crippen LogP contribution is -2.14. The Morgan fingerprint density at radius 3 is 2.40 bits per heavy atom. The van der Waals surface area contributed by atoms with Crippen molar-refractivity contribution in [3.8, 4) is 0 Å². The number of para-hydroxylation sites is 1. The van der Waals surface area contributed by atoms with E-state index in [4.69, 9.17) is 11.6 Å². The third kappa shape index (κ3) is 5.82. The minimum atomic E-state index is -0.551. The van der Waals surface area contributed by atoms with Gasteiger partial charge in [0.05, 0.1) is 21.4 Å². The van der Waals surface area contributed by atoms with E-state index in [9.17, 15) is 19.7 Å². The lowest BCUT2D eigenvalue weighted by atomic mass is 10.2. The van der Waals surface area contributed by atoms with Gasteiger partial charge in [-0.15, -0.1) is 11.8 Å². The summed E-state index contributed by atoms with van der Waals surface area (Å²) in [4.78, 5) is 35.5. The predicted molar refractivity (Wildman–Crippen MR) is 118 cm³/mol. The summed E-state index contributed by atoms with van der Waals surface area (Å²) in [5, 5.41) is 16.8. The molecular weight excluding hydrogens is 426 g/mol. The quantitative estimate of drug-likeness (QED) is 0.297. The molecule has 0 heterocycles. The highest BCUT2D eigenvalue weighted by molar-refractivity contribution is 8.00. The molecule has 152 valence electrons. The zero-order valence-corrected chi connectivity index (χ0v) is 17.1. The number of carbonyl (C=O) groups is 2. The Labute approximate surface area is 181 Å². The van der Waals surface area contributed by atoms with Gasteiger partial charge in [0.25, 0.3) is 11.6 Å².